The number of nitrogens with zero attached hydrogens (tertiary/aromatic N) is 1. The van der Waals surface area contributed by atoms with Crippen LogP contribution in [0.15, 0.2) is 42.5 Å². The van der Waals surface area contributed by atoms with E-state index in [0.717, 1.165) is 11.1 Å². The molecule has 1 atom stereocenters. The minimum atomic E-state index is -1.82. The van der Waals surface area contributed by atoms with Crippen molar-refractivity contribution >= 4 is 17.4 Å². The average Bonchev–Trinajstić information content (AvgIpc) is 2.83. The van der Waals surface area contributed by atoms with E-state index < -0.39 is 11.5 Å². The highest BCUT2D eigenvalue weighted by Gasteiger charge is 2.51. The van der Waals surface area contributed by atoms with Gasteiger partial charge in [-0.05, 0) is 49.9 Å². The maximum atomic E-state index is 13.1. The van der Waals surface area contributed by atoms with Crippen LogP contribution in [0.5, 0.6) is 0 Å². The zero-order valence-electron chi connectivity index (χ0n) is 16.6. The van der Waals surface area contributed by atoms with Crippen molar-refractivity contribution in [3.63, 3.8) is 0 Å². The molecule has 0 saturated heterocycles. The van der Waals surface area contributed by atoms with E-state index in [1.807, 2.05) is 51.1 Å². The first-order valence-electron chi connectivity index (χ1n) is 9.46. The number of para-hydroxylation sites is 1. The normalized spacial score (nSPS) is 19.1. The van der Waals surface area contributed by atoms with Gasteiger partial charge in [0.2, 0.25) is 0 Å². The van der Waals surface area contributed by atoms with Crippen LogP contribution in [0, 0.1) is 6.92 Å². The molecule has 0 aliphatic carbocycles. The summed E-state index contributed by atoms with van der Waals surface area (Å²) in [6.45, 7) is 9.83. The fourth-order valence-corrected chi connectivity index (χ4v) is 3.77. The average molecular weight is 365 g/mol. The lowest BCUT2D eigenvalue weighted by molar-refractivity contribution is -0.136. The van der Waals surface area contributed by atoms with Crippen molar-refractivity contribution in [3.05, 3.63) is 64.7 Å². The van der Waals surface area contributed by atoms with Gasteiger partial charge in [-0.3, -0.25) is 9.59 Å². The van der Waals surface area contributed by atoms with Crippen LogP contribution in [0.4, 0.5) is 5.69 Å². The van der Waals surface area contributed by atoms with Gasteiger partial charge in [0.25, 0.3) is 5.91 Å². The minimum Gasteiger partial charge on any atom is -0.375 e. The molecule has 1 aliphatic heterocycles. The molecule has 1 aliphatic rings. The second-order valence-corrected chi connectivity index (χ2v) is 7.98. The molecule has 27 heavy (non-hydrogen) atoms. The van der Waals surface area contributed by atoms with Crippen molar-refractivity contribution in [2.45, 2.75) is 58.6 Å². The fraction of sp³-hybridized carbons (Fsp3) is 0.391. The molecule has 1 unspecified atom stereocenters. The second kappa shape index (κ2) is 6.93. The molecule has 0 aromatic heterocycles. The number of ketones is 1. The van der Waals surface area contributed by atoms with Gasteiger partial charge in [-0.15, -0.1) is 0 Å². The number of aryl methyl sites for hydroxylation is 1. The summed E-state index contributed by atoms with van der Waals surface area (Å²) in [5.74, 6) is -0.346. The van der Waals surface area contributed by atoms with Crippen LogP contribution in [-0.4, -0.2) is 22.8 Å². The fourth-order valence-electron chi connectivity index (χ4n) is 3.77. The Morgan fingerprint density at radius 1 is 1.11 bits per heavy atom. The van der Waals surface area contributed by atoms with E-state index in [9.17, 15) is 14.7 Å². The van der Waals surface area contributed by atoms with Crippen LogP contribution in [-0.2, 0) is 10.4 Å². The van der Waals surface area contributed by atoms with E-state index in [4.69, 9.17) is 0 Å². The van der Waals surface area contributed by atoms with Crippen molar-refractivity contribution in [2.75, 3.05) is 4.90 Å². The summed E-state index contributed by atoms with van der Waals surface area (Å²) < 4.78 is 0. The lowest BCUT2D eigenvalue weighted by Gasteiger charge is -2.25. The van der Waals surface area contributed by atoms with E-state index in [1.165, 1.54) is 0 Å². The van der Waals surface area contributed by atoms with Crippen LogP contribution in [0.3, 0.4) is 0 Å². The number of amides is 1. The molecule has 2 aromatic carbocycles. The molecule has 0 radical (unpaired) electrons. The number of hydrogen-bond donors (Lipinski definition) is 1. The number of carbonyl (C=O) groups excluding carboxylic acids is 2. The molecule has 0 spiro atoms. The van der Waals surface area contributed by atoms with Gasteiger partial charge in [0.15, 0.2) is 11.4 Å². The van der Waals surface area contributed by atoms with Gasteiger partial charge in [-0.1, -0.05) is 44.2 Å². The molecule has 142 valence electrons. The molecule has 1 heterocycles. The maximum absolute atomic E-state index is 13.1. The van der Waals surface area contributed by atoms with E-state index in [2.05, 4.69) is 13.8 Å². The topological polar surface area (TPSA) is 57.6 Å². The highest BCUT2D eigenvalue weighted by Crippen LogP contribution is 2.43. The zero-order chi connectivity index (χ0) is 19.9. The molecule has 0 bridgehead atoms. The molecule has 3 rings (SSSR count). The summed E-state index contributed by atoms with van der Waals surface area (Å²) in [6.07, 6.45) is -0.256. The van der Waals surface area contributed by atoms with Crippen LogP contribution in [0.25, 0.3) is 0 Å². The quantitative estimate of drug-likeness (QED) is 0.802. The van der Waals surface area contributed by atoms with Crippen molar-refractivity contribution in [3.8, 4) is 0 Å². The number of fused-ring (bicyclic) bond motifs is 1. The Bertz CT molecular complexity index is 900. The van der Waals surface area contributed by atoms with Gasteiger partial charge in [-0.2, -0.15) is 0 Å². The Kier molecular flexibility index (Phi) is 4.96. The van der Waals surface area contributed by atoms with E-state index in [0.29, 0.717) is 22.7 Å². The summed E-state index contributed by atoms with van der Waals surface area (Å²) in [5.41, 5.74) is 1.86. The predicted octanol–water partition coefficient (Wildman–Crippen LogP) is 4.33. The Hall–Kier alpha value is -2.46. The highest BCUT2D eigenvalue weighted by molar-refractivity contribution is 6.11. The molecule has 1 N–H and O–H groups in total. The Morgan fingerprint density at radius 2 is 1.78 bits per heavy atom. The van der Waals surface area contributed by atoms with Crippen LogP contribution in [0.1, 0.15) is 67.1 Å². The predicted molar refractivity (Wildman–Crippen MR) is 107 cm³/mol. The van der Waals surface area contributed by atoms with Crippen molar-refractivity contribution in [1.82, 2.24) is 0 Å². The number of aliphatic hydroxyl groups is 1. The number of benzene rings is 2. The van der Waals surface area contributed by atoms with Crippen LogP contribution in [0.2, 0.25) is 0 Å². The SMILES string of the molecule is Cc1ccc(C(C)C)cc1C(=O)CC1(O)C(=O)N(C(C)C)c2ccccc21. The van der Waals surface area contributed by atoms with Gasteiger partial charge < -0.3 is 10.0 Å². The van der Waals surface area contributed by atoms with E-state index in [-0.39, 0.29) is 18.2 Å². The van der Waals surface area contributed by atoms with Gasteiger partial charge >= 0.3 is 0 Å². The summed E-state index contributed by atoms with van der Waals surface area (Å²) >= 11 is 0. The van der Waals surface area contributed by atoms with Crippen molar-refractivity contribution in [2.24, 2.45) is 0 Å². The first-order chi connectivity index (χ1) is 12.7. The van der Waals surface area contributed by atoms with Crippen LogP contribution >= 0.6 is 0 Å². The molecule has 4 heteroatoms. The Labute approximate surface area is 160 Å². The lowest BCUT2D eigenvalue weighted by atomic mass is 9.86. The zero-order valence-corrected chi connectivity index (χ0v) is 16.6. The Balaban J connectivity index is 2.01. The third kappa shape index (κ3) is 3.19. The summed E-state index contributed by atoms with van der Waals surface area (Å²) in [6, 6.07) is 12.9. The summed E-state index contributed by atoms with van der Waals surface area (Å²) in [7, 11) is 0. The number of Topliss-reactive ketones (excluding diaryl/α,β-unsaturated/α-hetero) is 1. The molecule has 0 fully saturated rings. The van der Waals surface area contributed by atoms with Crippen LogP contribution < -0.4 is 4.90 Å². The Morgan fingerprint density at radius 3 is 2.41 bits per heavy atom. The van der Waals surface area contributed by atoms with E-state index in [1.54, 1.807) is 17.0 Å². The standard InChI is InChI=1S/C23H27NO3/c1-14(2)17-11-10-16(5)18(12-17)21(25)13-23(27)19-8-6-7-9-20(19)24(15(3)4)22(23)26/h6-12,14-15,27H,13H2,1-5H3. The number of hydrogen-bond acceptors (Lipinski definition) is 3. The second-order valence-electron chi connectivity index (χ2n) is 7.98. The molecular formula is C23H27NO3. The number of carbonyl (C=O) groups is 2. The maximum Gasteiger partial charge on any atom is 0.264 e. The monoisotopic (exact) mass is 365 g/mol. The molecular weight excluding hydrogens is 338 g/mol. The smallest absolute Gasteiger partial charge is 0.264 e. The first kappa shape index (κ1) is 19.3. The van der Waals surface area contributed by atoms with Gasteiger partial charge in [0, 0.05) is 17.2 Å². The van der Waals surface area contributed by atoms with Crippen molar-refractivity contribution < 1.29 is 14.7 Å². The molecule has 0 saturated carbocycles. The molecule has 2 aromatic rings. The lowest BCUT2D eigenvalue weighted by Crippen LogP contribution is -2.44. The molecule has 1 amide bonds. The van der Waals surface area contributed by atoms with E-state index >= 15 is 0 Å². The molecule has 4 nitrogen and oxygen atoms in total. The van der Waals surface area contributed by atoms with Gasteiger partial charge in [0.05, 0.1) is 12.1 Å². The number of rotatable bonds is 5. The third-order valence-corrected chi connectivity index (χ3v) is 5.34. The largest absolute Gasteiger partial charge is 0.375 e. The minimum absolute atomic E-state index is 0.103. The van der Waals surface area contributed by atoms with Crippen molar-refractivity contribution in [1.29, 1.82) is 0 Å². The highest BCUT2D eigenvalue weighted by atomic mass is 16.3. The summed E-state index contributed by atoms with van der Waals surface area (Å²) in [4.78, 5) is 27.8. The van der Waals surface area contributed by atoms with Gasteiger partial charge in [-0.25, -0.2) is 0 Å². The first-order valence-corrected chi connectivity index (χ1v) is 9.46. The van der Waals surface area contributed by atoms with Gasteiger partial charge in [0.1, 0.15) is 0 Å². The summed E-state index contributed by atoms with van der Waals surface area (Å²) in [5, 5.41) is 11.3. The number of anilines is 1. The third-order valence-electron chi connectivity index (χ3n) is 5.34.